The van der Waals surface area contributed by atoms with E-state index in [1.165, 1.54) is 32.1 Å². The molecular formula is C20H38N2O2. The zero-order chi connectivity index (χ0) is 17.8. The van der Waals surface area contributed by atoms with Crippen LogP contribution in [0.15, 0.2) is 0 Å². The van der Waals surface area contributed by atoms with Gasteiger partial charge in [-0.25, -0.2) is 0 Å². The summed E-state index contributed by atoms with van der Waals surface area (Å²) in [5, 5.41) is 0. The van der Waals surface area contributed by atoms with Crippen LogP contribution in [0, 0.1) is 5.92 Å². The van der Waals surface area contributed by atoms with Crippen molar-refractivity contribution in [1.82, 2.24) is 9.80 Å². The summed E-state index contributed by atoms with van der Waals surface area (Å²) >= 11 is 0. The highest BCUT2D eigenvalue weighted by molar-refractivity contribution is 5.81. The van der Waals surface area contributed by atoms with Gasteiger partial charge in [-0.2, -0.15) is 0 Å². The first-order valence-electron chi connectivity index (χ1n) is 10.2. The van der Waals surface area contributed by atoms with Gasteiger partial charge in [0.25, 0.3) is 0 Å². The summed E-state index contributed by atoms with van der Waals surface area (Å²) in [5.41, 5.74) is 0. The van der Waals surface area contributed by atoms with Gasteiger partial charge >= 0.3 is 0 Å². The Balaban J connectivity index is 2.28. The smallest absolute Gasteiger partial charge is 0.227 e. The molecule has 24 heavy (non-hydrogen) atoms. The Bertz CT molecular complexity index is 367. The van der Waals surface area contributed by atoms with E-state index in [1.54, 1.807) is 0 Å². The van der Waals surface area contributed by atoms with Gasteiger partial charge in [0.1, 0.15) is 0 Å². The minimum absolute atomic E-state index is 0.0108. The van der Waals surface area contributed by atoms with Gasteiger partial charge in [0.05, 0.1) is 5.92 Å². The number of hydrogen-bond donors (Lipinski definition) is 0. The standard InChI is InChI=1S/C20H38N2O2/c1-4-7-8-9-10-11-12-15-19(23)22-16-13-14-18(17-22)20(24)21(5-2)6-3/h18H,4-17H2,1-3H3. The third kappa shape index (κ3) is 7.23. The lowest BCUT2D eigenvalue weighted by atomic mass is 9.96. The van der Waals surface area contributed by atoms with Crippen molar-refractivity contribution >= 4 is 11.8 Å². The summed E-state index contributed by atoms with van der Waals surface area (Å²) in [4.78, 5) is 28.7. The molecule has 1 aliphatic heterocycles. The van der Waals surface area contributed by atoms with E-state index in [0.717, 1.165) is 45.3 Å². The van der Waals surface area contributed by atoms with Crippen molar-refractivity contribution in [3.63, 3.8) is 0 Å². The van der Waals surface area contributed by atoms with E-state index in [9.17, 15) is 9.59 Å². The number of rotatable bonds is 11. The van der Waals surface area contributed by atoms with Crippen molar-refractivity contribution in [1.29, 1.82) is 0 Å². The minimum Gasteiger partial charge on any atom is -0.343 e. The van der Waals surface area contributed by atoms with Crippen LogP contribution in [0.2, 0.25) is 0 Å². The van der Waals surface area contributed by atoms with E-state index in [-0.39, 0.29) is 17.7 Å². The number of carbonyl (C=O) groups is 2. The van der Waals surface area contributed by atoms with Crippen molar-refractivity contribution < 1.29 is 9.59 Å². The highest BCUT2D eigenvalue weighted by Gasteiger charge is 2.30. The molecule has 1 fully saturated rings. The lowest BCUT2D eigenvalue weighted by molar-refractivity contribution is -0.140. The molecule has 1 rings (SSSR count). The third-order valence-corrected chi connectivity index (χ3v) is 5.19. The second kappa shape index (κ2) is 12.3. The number of likely N-dealkylation sites (tertiary alicyclic amines) is 1. The molecule has 1 heterocycles. The fourth-order valence-corrected chi connectivity index (χ4v) is 3.59. The Hall–Kier alpha value is -1.06. The molecule has 1 aliphatic rings. The first-order chi connectivity index (χ1) is 11.6. The SMILES string of the molecule is CCCCCCCCCC(=O)N1CCCC(C(=O)N(CC)CC)C1. The summed E-state index contributed by atoms with van der Waals surface area (Å²) in [6, 6.07) is 0. The molecule has 0 N–H and O–H groups in total. The fraction of sp³-hybridized carbons (Fsp3) is 0.900. The zero-order valence-corrected chi connectivity index (χ0v) is 16.2. The van der Waals surface area contributed by atoms with Crippen molar-refractivity contribution in [2.24, 2.45) is 5.92 Å². The number of nitrogens with zero attached hydrogens (tertiary/aromatic N) is 2. The molecule has 0 aromatic rings. The Morgan fingerprint density at radius 2 is 1.58 bits per heavy atom. The molecule has 0 spiro atoms. The fourth-order valence-electron chi connectivity index (χ4n) is 3.59. The summed E-state index contributed by atoms with van der Waals surface area (Å²) in [6.07, 6.45) is 11.2. The minimum atomic E-state index is 0.0108. The maximum absolute atomic E-state index is 12.5. The summed E-state index contributed by atoms with van der Waals surface area (Å²) in [7, 11) is 0. The molecule has 4 heteroatoms. The highest BCUT2D eigenvalue weighted by Crippen LogP contribution is 2.20. The Kier molecular flexibility index (Phi) is 10.8. The van der Waals surface area contributed by atoms with Gasteiger partial charge in [0.2, 0.25) is 11.8 Å². The van der Waals surface area contributed by atoms with Gasteiger partial charge in [-0.3, -0.25) is 9.59 Å². The molecule has 1 unspecified atom stereocenters. The predicted octanol–water partition coefficient (Wildman–Crippen LogP) is 4.23. The van der Waals surface area contributed by atoms with E-state index >= 15 is 0 Å². The van der Waals surface area contributed by atoms with E-state index in [2.05, 4.69) is 6.92 Å². The van der Waals surface area contributed by atoms with E-state index in [0.29, 0.717) is 13.0 Å². The third-order valence-electron chi connectivity index (χ3n) is 5.19. The highest BCUT2D eigenvalue weighted by atomic mass is 16.2. The second-order valence-electron chi connectivity index (χ2n) is 7.06. The van der Waals surface area contributed by atoms with Crippen LogP contribution in [-0.4, -0.2) is 47.8 Å². The van der Waals surface area contributed by atoms with Crippen LogP contribution < -0.4 is 0 Å². The normalized spacial score (nSPS) is 17.8. The van der Waals surface area contributed by atoms with Gasteiger partial charge in [0.15, 0.2) is 0 Å². The largest absolute Gasteiger partial charge is 0.343 e. The predicted molar refractivity (Wildman–Crippen MR) is 99.8 cm³/mol. The quantitative estimate of drug-likeness (QED) is 0.529. The lowest BCUT2D eigenvalue weighted by Gasteiger charge is -2.34. The topological polar surface area (TPSA) is 40.6 Å². The van der Waals surface area contributed by atoms with Gasteiger partial charge in [-0.15, -0.1) is 0 Å². The Morgan fingerprint density at radius 1 is 0.958 bits per heavy atom. The van der Waals surface area contributed by atoms with Gasteiger partial charge in [0, 0.05) is 32.6 Å². The van der Waals surface area contributed by atoms with Crippen molar-refractivity contribution in [2.75, 3.05) is 26.2 Å². The molecule has 140 valence electrons. The number of carbonyl (C=O) groups excluding carboxylic acids is 2. The monoisotopic (exact) mass is 338 g/mol. The number of piperidine rings is 1. The van der Waals surface area contributed by atoms with Crippen molar-refractivity contribution in [2.45, 2.75) is 85.0 Å². The van der Waals surface area contributed by atoms with Crippen LogP contribution >= 0.6 is 0 Å². The van der Waals surface area contributed by atoms with Crippen molar-refractivity contribution in [3.8, 4) is 0 Å². The molecule has 1 saturated heterocycles. The summed E-state index contributed by atoms with van der Waals surface area (Å²) in [5.74, 6) is 0.491. The van der Waals surface area contributed by atoms with Crippen LogP contribution in [0.25, 0.3) is 0 Å². The molecule has 0 radical (unpaired) electrons. The molecule has 4 nitrogen and oxygen atoms in total. The molecule has 2 amide bonds. The molecule has 0 aromatic carbocycles. The lowest BCUT2D eigenvalue weighted by Crippen LogP contribution is -2.46. The van der Waals surface area contributed by atoms with Gasteiger partial charge in [-0.1, -0.05) is 45.4 Å². The number of hydrogen-bond acceptors (Lipinski definition) is 2. The molecule has 0 aromatic heterocycles. The van der Waals surface area contributed by atoms with Crippen LogP contribution in [0.5, 0.6) is 0 Å². The number of amides is 2. The van der Waals surface area contributed by atoms with Gasteiger partial charge in [-0.05, 0) is 33.1 Å². The van der Waals surface area contributed by atoms with E-state index in [1.807, 2.05) is 23.6 Å². The van der Waals surface area contributed by atoms with Crippen LogP contribution in [0.3, 0.4) is 0 Å². The summed E-state index contributed by atoms with van der Waals surface area (Å²) < 4.78 is 0. The average Bonchev–Trinajstić information content (AvgIpc) is 2.61. The van der Waals surface area contributed by atoms with Crippen LogP contribution in [0.4, 0.5) is 0 Å². The van der Waals surface area contributed by atoms with E-state index < -0.39 is 0 Å². The summed E-state index contributed by atoms with van der Waals surface area (Å²) in [6.45, 7) is 9.26. The first kappa shape index (κ1) is 21.0. The van der Waals surface area contributed by atoms with E-state index in [4.69, 9.17) is 0 Å². The van der Waals surface area contributed by atoms with Gasteiger partial charge < -0.3 is 9.80 Å². The first-order valence-corrected chi connectivity index (χ1v) is 10.2. The zero-order valence-electron chi connectivity index (χ0n) is 16.2. The maximum atomic E-state index is 12.5. The number of unbranched alkanes of at least 4 members (excludes halogenated alkanes) is 6. The molecule has 0 bridgehead atoms. The van der Waals surface area contributed by atoms with Crippen LogP contribution in [0.1, 0.15) is 85.0 Å². The molecule has 0 saturated carbocycles. The Morgan fingerprint density at radius 3 is 2.21 bits per heavy atom. The second-order valence-corrected chi connectivity index (χ2v) is 7.06. The molecular weight excluding hydrogens is 300 g/mol. The maximum Gasteiger partial charge on any atom is 0.227 e. The average molecular weight is 339 g/mol. The van der Waals surface area contributed by atoms with Crippen molar-refractivity contribution in [3.05, 3.63) is 0 Å². The Labute approximate surface area is 149 Å². The van der Waals surface area contributed by atoms with Crippen LogP contribution in [-0.2, 0) is 9.59 Å². The molecule has 0 aliphatic carbocycles. The molecule has 1 atom stereocenters.